The van der Waals surface area contributed by atoms with Gasteiger partial charge in [-0.25, -0.2) is 4.39 Å². The summed E-state index contributed by atoms with van der Waals surface area (Å²) in [5.74, 6) is -1.81. The van der Waals surface area contributed by atoms with Crippen molar-refractivity contribution in [3.05, 3.63) is 29.6 Å². The van der Waals surface area contributed by atoms with Crippen LogP contribution in [0.5, 0.6) is 5.75 Å². The zero-order valence-electron chi connectivity index (χ0n) is 9.15. The SMILES string of the molecule is CC(C)(C)c1ccc(OC(F)(F)F)c(F)c1. The lowest BCUT2D eigenvalue weighted by atomic mass is 9.87. The maximum Gasteiger partial charge on any atom is 0.573 e. The molecule has 0 radical (unpaired) electrons. The largest absolute Gasteiger partial charge is 0.573 e. The monoisotopic (exact) mass is 236 g/mol. The molecular weight excluding hydrogens is 224 g/mol. The number of ether oxygens (including phenoxy) is 1. The summed E-state index contributed by atoms with van der Waals surface area (Å²) in [4.78, 5) is 0. The lowest BCUT2D eigenvalue weighted by Crippen LogP contribution is -2.18. The van der Waals surface area contributed by atoms with Crippen molar-refractivity contribution in [2.75, 3.05) is 0 Å². The average Bonchev–Trinajstić information content (AvgIpc) is 2.04. The van der Waals surface area contributed by atoms with Crippen molar-refractivity contribution in [1.29, 1.82) is 0 Å². The third-order valence-corrected chi connectivity index (χ3v) is 2.02. The van der Waals surface area contributed by atoms with Crippen molar-refractivity contribution in [1.82, 2.24) is 0 Å². The molecule has 0 aliphatic rings. The Hall–Kier alpha value is -1.26. The van der Waals surface area contributed by atoms with E-state index in [2.05, 4.69) is 4.74 Å². The first-order valence-electron chi connectivity index (χ1n) is 4.65. The minimum Gasteiger partial charge on any atom is -0.403 e. The Kier molecular flexibility index (Phi) is 3.17. The van der Waals surface area contributed by atoms with Crippen LogP contribution in [0, 0.1) is 5.82 Å². The van der Waals surface area contributed by atoms with E-state index in [0.29, 0.717) is 5.56 Å². The molecular formula is C11H12F4O. The smallest absolute Gasteiger partial charge is 0.403 e. The van der Waals surface area contributed by atoms with E-state index in [1.165, 1.54) is 6.07 Å². The normalized spacial score (nSPS) is 12.7. The van der Waals surface area contributed by atoms with Crippen molar-refractivity contribution in [3.63, 3.8) is 0 Å². The first-order valence-corrected chi connectivity index (χ1v) is 4.65. The van der Waals surface area contributed by atoms with Gasteiger partial charge < -0.3 is 4.74 Å². The summed E-state index contributed by atoms with van der Waals surface area (Å²) in [6, 6.07) is 3.47. The molecule has 1 rings (SSSR count). The highest BCUT2D eigenvalue weighted by atomic mass is 19.4. The van der Waals surface area contributed by atoms with Gasteiger partial charge in [-0.15, -0.1) is 13.2 Å². The van der Waals surface area contributed by atoms with E-state index in [-0.39, 0.29) is 5.41 Å². The number of rotatable bonds is 1. The zero-order chi connectivity index (χ0) is 12.6. The van der Waals surface area contributed by atoms with E-state index >= 15 is 0 Å². The maximum atomic E-state index is 13.3. The lowest BCUT2D eigenvalue weighted by Gasteiger charge is -2.19. The summed E-state index contributed by atoms with van der Waals surface area (Å²) in [5.41, 5.74) is 0.289. The number of halogens is 4. The molecule has 0 heterocycles. The van der Waals surface area contributed by atoms with E-state index in [0.717, 1.165) is 12.1 Å². The predicted octanol–water partition coefficient (Wildman–Crippen LogP) is 4.02. The third-order valence-electron chi connectivity index (χ3n) is 2.02. The van der Waals surface area contributed by atoms with Crippen LogP contribution < -0.4 is 4.74 Å². The zero-order valence-corrected chi connectivity index (χ0v) is 9.15. The molecule has 1 nitrogen and oxygen atoms in total. The van der Waals surface area contributed by atoms with Gasteiger partial charge in [0.25, 0.3) is 0 Å². The maximum absolute atomic E-state index is 13.3. The van der Waals surface area contributed by atoms with Gasteiger partial charge in [-0.2, -0.15) is 0 Å². The van der Waals surface area contributed by atoms with Crippen molar-refractivity contribution in [2.45, 2.75) is 32.5 Å². The first kappa shape index (κ1) is 12.8. The molecule has 0 fully saturated rings. The van der Waals surface area contributed by atoms with Crippen molar-refractivity contribution in [3.8, 4) is 5.75 Å². The molecule has 90 valence electrons. The first-order chi connectivity index (χ1) is 7.09. The average molecular weight is 236 g/mol. The topological polar surface area (TPSA) is 9.23 Å². The van der Waals surface area contributed by atoms with Crippen LogP contribution in [0.2, 0.25) is 0 Å². The summed E-state index contributed by atoms with van der Waals surface area (Å²) >= 11 is 0. The minimum absolute atomic E-state index is 0.322. The highest BCUT2D eigenvalue weighted by Crippen LogP contribution is 2.30. The van der Waals surface area contributed by atoms with Crippen LogP contribution in [0.15, 0.2) is 18.2 Å². The minimum atomic E-state index is -4.87. The van der Waals surface area contributed by atoms with E-state index in [4.69, 9.17) is 0 Å². The van der Waals surface area contributed by atoms with Crippen LogP contribution >= 0.6 is 0 Å². The Morgan fingerprint density at radius 2 is 1.62 bits per heavy atom. The Bertz CT molecular complexity index is 377. The van der Waals surface area contributed by atoms with Crippen LogP contribution in [0.25, 0.3) is 0 Å². The summed E-state index contributed by atoms with van der Waals surface area (Å²) in [6.07, 6.45) is -4.87. The van der Waals surface area contributed by atoms with Crippen molar-refractivity contribution < 1.29 is 22.3 Å². The number of hydrogen-bond acceptors (Lipinski definition) is 1. The van der Waals surface area contributed by atoms with E-state index < -0.39 is 17.9 Å². The Labute approximate surface area is 91.0 Å². The molecule has 0 aliphatic carbocycles. The fraction of sp³-hybridized carbons (Fsp3) is 0.455. The van der Waals surface area contributed by atoms with Crippen LogP contribution in [-0.2, 0) is 5.41 Å². The van der Waals surface area contributed by atoms with Gasteiger partial charge in [0.15, 0.2) is 11.6 Å². The standard InChI is InChI=1S/C11H12F4O/c1-10(2,3)7-4-5-9(8(12)6-7)16-11(13,14)15/h4-6H,1-3H3. The fourth-order valence-corrected chi connectivity index (χ4v) is 1.17. The van der Waals surface area contributed by atoms with E-state index in [9.17, 15) is 17.6 Å². The van der Waals surface area contributed by atoms with Gasteiger partial charge in [0.1, 0.15) is 0 Å². The Balaban J connectivity index is 3.01. The molecule has 0 saturated heterocycles. The van der Waals surface area contributed by atoms with Gasteiger partial charge in [-0.1, -0.05) is 26.8 Å². The molecule has 0 saturated carbocycles. The van der Waals surface area contributed by atoms with Gasteiger partial charge in [-0.05, 0) is 23.1 Å². The van der Waals surface area contributed by atoms with Crippen LogP contribution in [0.4, 0.5) is 17.6 Å². The number of alkyl halides is 3. The van der Waals surface area contributed by atoms with Crippen LogP contribution in [0.1, 0.15) is 26.3 Å². The molecule has 1 aromatic carbocycles. The highest BCUT2D eigenvalue weighted by molar-refractivity contribution is 5.32. The predicted molar refractivity (Wildman–Crippen MR) is 51.8 cm³/mol. The second-order valence-electron chi connectivity index (χ2n) is 4.44. The van der Waals surface area contributed by atoms with E-state index in [1.54, 1.807) is 0 Å². The molecule has 16 heavy (non-hydrogen) atoms. The lowest BCUT2D eigenvalue weighted by molar-refractivity contribution is -0.275. The quantitative estimate of drug-likeness (QED) is 0.669. The second-order valence-corrected chi connectivity index (χ2v) is 4.44. The summed E-state index contributed by atoms with van der Waals surface area (Å²) < 4.78 is 52.4. The van der Waals surface area contributed by atoms with Crippen LogP contribution in [-0.4, -0.2) is 6.36 Å². The molecule has 0 amide bonds. The fourth-order valence-electron chi connectivity index (χ4n) is 1.17. The van der Waals surface area contributed by atoms with E-state index in [1.807, 2.05) is 20.8 Å². The highest BCUT2D eigenvalue weighted by Gasteiger charge is 2.32. The van der Waals surface area contributed by atoms with Crippen LogP contribution in [0.3, 0.4) is 0 Å². The van der Waals surface area contributed by atoms with Gasteiger partial charge in [0.05, 0.1) is 0 Å². The van der Waals surface area contributed by atoms with Gasteiger partial charge >= 0.3 is 6.36 Å². The molecule has 0 unspecified atom stereocenters. The number of hydrogen-bond donors (Lipinski definition) is 0. The van der Waals surface area contributed by atoms with Crippen molar-refractivity contribution >= 4 is 0 Å². The molecule has 1 aromatic rings. The Morgan fingerprint density at radius 1 is 1.06 bits per heavy atom. The third kappa shape index (κ3) is 3.40. The number of benzene rings is 1. The molecule has 0 spiro atoms. The molecule has 5 heteroatoms. The van der Waals surface area contributed by atoms with Gasteiger partial charge in [-0.3, -0.25) is 0 Å². The summed E-state index contributed by atoms with van der Waals surface area (Å²) in [5, 5.41) is 0. The summed E-state index contributed by atoms with van der Waals surface area (Å²) in [7, 11) is 0. The van der Waals surface area contributed by atoms with Crippen molar-refractivity contribution in [2.24, 2.45) is 0 Å². The molecule has 0 bridgehead atoms. The van der Waals surface area contributed by atoms with Gasteiger partial charge in [0, 0.05) is 0 Å². The molecule has 0 aliphatic heterocycles. The van der Waals surface area contributed by atoms with Gasteiger partial charge in [0.2, 0.25) is 0 Å². The second kappa shape index (κ2) is 3.96. The molecule has 0 N–H and O–H groups in total. The molecule has 0 aromatic heterocycles. The summed E-state index contributed by atoms with van der Waals surface area (Å²) in [6.45, 7) is 5.52. The molecule has 0 atom stereocenters. The Morgan fingerprint density at radius 3 is 2.00 bits per heavy atom.